The van der Waals surface area contributed by atoms with Gasteiger partial charge in [0, 0.05) is 12.8 Å². The fraction of sp³-hybridized carbons (Fsp3) is 0.761. The second-order valence-corrected chi connectivity index (χ2v) is 24.0. The maximum absolute atomic E-state index is 13.5. The molecule has 0 saturated heterocycles. The van der Waals surface area contributed by atoms with E-state index >= 15 is 0 Å². The van der Waals surface area contributed by atoms with Crippen LogP contribution in [0.4, 0.5) is 0 Å². The average Bonchev–Trinajstić information content (AvgIpc) is 3.39. The van der Waals surface area contributed by atoms with Crippen LogP contribution in [0, 0.1) is 0 Å². The summed E-state index contributed by atoms with van der Waals surface area (Å²) >= 11 is 0. The van der Waals surface area contributed by atoms with Crippen molar-refractivity contribution in [3.05, 3.63) is 85.1 Å². The lowest BCUT2D eigenvalue weighted by atomic mass is 10.0. The number of unbranched alkanes of at least 4 members (excludes halogenated alkanes) is 29. The number of likely N-dealkylation sites (N-methyl/N-ethyl adjacent to an activating group) is 1. The van der Waals surface area contributed by atoms with E-state index in [9.17, 15) is 19.0 Å². The lowest BCUT2D eigenvalue weighted by Gasteiger charge is -2.27. The molecule has 446 valence electrons. The van der Waals surface area contributed by atoms with Gasteiger partial charge in [-0.25, -0.2) is 4.57 Å². The summed E-state index contributed by atoms with van der Waals surface area (Å²) < 4.78 is 30.7. The number of esters is 1. The Balaban J connectivity index is 5.06. The maximum atomic E-state index is 13.5. The molecule has 0 saturated carbocycles. The minimum atomic E-state index is -4.45. The molecule has 1 amide bonds. The molecule has 0 heterocycles. The highest BCUT2D eigenvalue weighted by Gasteiger charge is 2.30. The predicted molar refractivity (Wildman–Crippen MR) is 332 cm³/mol. The van der Waals surface area contributed by atoms with Gasteiger partial charge in [0.25, 0.3) is 0 Å². The molecule has 0 aromatic carbocycles. The Morgan fingerprint density at radius 3 is 1.27 bits per heavy atom. The highest BCUT2D eigenvalue weighted by Crippen LogP contribution is 2.43. The normalized spacial score (nSPS) is 14.2. The minimum absolute atomic E-state index is 0.0348. The number of quaternary nitrogens is 1. The fourth-order valence-electron chi connectivity index (χ4n) is 8.90. The number of nitrogens with one attached hydrogen (secondary N) is 1. The van der Waals surface area contributed by atoms with E-state index in [1.54, 1.807) is 0 Å². The van der Waals surface area contributed by atoms with Gasteiger partial charge in [-0.15, -0.1) is 0 Å². The van der Waals surface area contributed by atoms with E-state index in [0.717, 1.165) is 103 Å². The number of carbonyl (C=O) groups is 2. The summed E-state index contributed by atoms with van der Waals surface area (Å²) in [5.74, 6) is -0.527. The van der Waals surface area contributed by atoms with Crippen LogP contribution in [-0.4, -0.2) is 74.3 Å². The number of hydrogen-bond acceptors (Lipinski definition) is 6. The van der Waals surface area contributed by atoms with Crippen LogP contribution in [0.5, 0.6) is 0 Å². The first-order valence-electron chi connectivity index (χ1n) is 31.9. The fourth-order valence-corrected chi connectivity index (χ4v) is 9.64. The lowest BCUT2D eigenvalue weighted by Crippen LogP contribution is -2.47. The summed E-state index contributed by atoms with van der Waals surface area (Å²) in [7, 11) is 1.48. The molecular formula is C67H122N2O7P+. The largest absolute Gasteiger partial charge is 0.472 e. The molecule has 3 unspecified atom stereocenters. The second kappa shape index (κ2) is 56.5. The summed E-state index contributed by atoms with van der Waals surface area (Å²) in [6, 6.07) is -0.859. The van der Waals surface area contributed by atoms with Crippen LogP contribution in [0.1, 0.15) is 278 Å². The first kappa shape index (κ1) is 74.2. The number of ether oxygens (including phenoxy) is 1. The molecule has 0 aromatic rings. The standard InChI is InChI=1S/C67H121N2O7P/c1-7-10-13-16-19-22-25-27-28-29-30-31-32-33-34-35-36-37-38-39-40-42-45-48-51-54-57-60-67(71)76-65(58-55-52-49-46-43-24-21-18-15-12-9-3)64(63-75-77(72,73)74-62-61-69(4,5)6)68-66(70)59-56-53-50-47-44-41-26-23-20-17-14-11-8-2/h10,13,19,22,27-28,30-31,33-34,41,44,55,58,64-65H,7-9,11-12,14-18,20-21,23-26,29,32,35-40,42-43,45-54,56-57,59-63H2,1-6H3,(H-,68,70,72,73)/p+1/b13-10-,22-19-,28-27-,31-30-,34-33-,44-41-,58-55-. The van der Waals surface area contributed by atoms with Gasteiger partial charge < -0.3 is 19.4 Å². The van der Waals surface area contributed by atoms with Gasteiger partial charge in [0.15, 0.2) is 0 Å². The number of carbonyl (C=O) groups excluding carboxylic acids is 2. The van der Waals surface area contributed by atoms with Gasteiger partial charge in [-0.3, -0.25) is 18.6 Å². The number of phosphoric acid groups is 1. The van der Waals surface area contributed by atoms with Crippen LogP contribution < -0.4 is 5.32 Å². The summed E-state index contributed by atoms with van der Waals surface area (Å²) in [6.07, 6.45) is 74.5. The van der Waals surface area contributed by atoms with Crippen molar-refractivity contribution >= 4 is 19.7 Å². The minimum Gasteiger partial charge on any atom is -0.456 e. The Bertz CT molecular complexity index is 1590. The molecule has 0 radical (unpaired) electrons. The number of amides is 1. The summed E-state index contributed by atoms with van der Waals surface area (Å²) in [5, 5.41) is 3.04. The van der Waals surface area contributed by atoms with Crippen molar-refractivity contribution in [2.24, 2.45) is 0 Å². The predicted octanol–water partition coefficient (Wildman–Crippen LogP) is 19.8. The second-order valence-electron chi connectivity index (χ2n) is 22.5. The highest BCUT2D eigenvalue weighted by molar-refractivity contribution is 7.47. The number of phosphoric ester groups is 1. The molecule has 10 heteroatoms. The zero-order valence-corrected chi connectivity index (χ0v) is 51.8. The van der Waals surface area contributed by atoms with Gasteiger partial charge in [-0.1, -0.05) is 247 Å². The van der Waals surface area contributed by atoms with Crippen LogP contribution >= 0.6 is 7.82 Å². The third-order valence-corrected chi connectivity index (χ3v) is 14.8. The van der Waals surface area contributed by atoms with Crippen molar-refractivity contribution in [3.63, 3.8) is 0 Å². The molecule has 0 fully saturated rings. The van der Waals surface area contributed by atoms with E-state index in [4.69, 9.17) is 13.8 Å². The molecule has 3 atom stereocenters. The molecule has 0 aliphatic rings. The van der Waals surface area contributed by atoms with Gasteiger partial charge in [-0.05, 0) is 102 Å². The number of nitrogens with zero attached hydrogens (tertiary/aromatic N) is 1. The SMILES string of the molecule is CC/C=C\C/C=C\C/C=C\C/C=C\C/C=C\CCCCCCCCCCCCCC(=O)OC(/C=C\CCCCCCCCCCC)C(COP(=O)(O)OCC[N+](C)(C)C)NC(=O)CCCCC/C=C\CCCCCCCC. The van der Waals surface area contributed by atoms with Crippen molar-refractivity contribution in [1.82, 2.24) is 5.32 Å². The van der Waals surface area contributed by atoms with E-state index in [-0.39, 0.29) is 31.5 Å². The van der Waals surface area contributed by atoms with Crippen molar-refractivity contribution in [3.8, 4) is 0 Å². The summed E-state index contributed by atoms with van der Waals surface area (Å²) in [4.78, 5) is 37.7. The number of rotatable bonds is 57. The van der Waals surface area contributed by atoms with Crippen LogP contribution in [0.15, 0.2) is 85.1 Å². The Hall–Kier alpha value is -2.81. The zero-order valence-electron chi connectivity index (χ0n) is 50.9. The lowest BCUT2D eigenvalue weighted by molar-refractivity contribution is -0.870. The van der Waals surface area contributed by atoms with E-state index in [0.29, 0.717) is 17.4 Å². The maximum Gasteiger partial charge on any atom is 0.472 e. The monoisotopic (exact) mass is 1100 g/mol. The van der Waals surface area contributed by atoms with Gasteiger partial charge in [0.05, 0.1) is 33.8 Å². The molecule has 9 nitrogen and oxygen atoms in total. The van der Waals surface area contributed by atoms with Crippen LogP contribution in [0.25, 0.3) is 0 Å². The average molecular weight is 1100 g/mol. The van der Waals surface area contributed by atoms with Crippen LogP contribution in [-0.2, 0) is 27.9 Å². The Morgan fingerprint density at radius 2 is 0.831 bits per heavy atom. The molecule has 2 N–H and O–H groups in total. The summed E-state index contributed by atoms with van der Waals surface area (Å²) in [5.41, 5.74) is 0. The van der Waals surface area contributed by atoms with E-state index in [1.165, 1.54) is 141 Å². The van der Waals surface area contributed by atoms with E-state index in [1.807, 2.05) is 33.3 Å². The molecular weight excluding hydrogens is 976 g/mol. The topological polar surface area (TPSA) is 111 Å². The van der Waals surface area contributed by atoms with Gasteiger partial charge in [0.1, 0.15) is 19.3 Å². The van der Waals surface area contributed by atoms with Gasteiger partial charge in [0.2, 0.25) is 5.91 Å². The third kappa shape index (κ3) is 57.7. The van der Waals surface area contributed by atoms with Crippen molar-refractivity contribution in [2.75, 3.05) is 40.9 Å². The molecule has 0 aliphatic heterocycles. The van der Waals surface area contributed by atoms with E-state index < -0.39 is 20.0 Å². The Morgan fingerprint density at radius 1 is 0.468 bits per heavy atom. The van der Waals surface area contributed by atoms with Crippen LogP contribution in [0.3, 0.4) is 0 Å². The number of hydrogen-bond donors (Lipinski definition) is 2. The third-order valence-electron chi connectivity index (χ3n) is 13.8. The van der Waals surface area contributed by atoms with Gasteiger partial charge >= 0.3 is 13.8 Å². The van der Waals surface area contributed by atoms with Crippen molar-refractivity contribution < 1.29 is 37.3 Å². The first-order chi connectivity index (χ1) is 37.4. The summed E-state index contributed by atoms with van der Waals surface area (Å²) in [6.45, 7) is 6.87. The number of allylic oxidation sites excluding steroid dienone is 13. The smallest absolute Gasteiger partial charge is 0.456 e. The molecule has 0 bridgehead atoms. The molecule has 0 aromatic heterocycles. The Labute approximate surface area is 476 Å². The molecule has 77 heavy (non-hydrogen) atoms. The zero-order chi connectivity index (χ0) is 56.4. The molecule has 0 spiro atoms. The molecule has 0 aliphatic carbocycles. The van der Waals surface area contributed by atoms with Gasteiger partial charge in [-0.2, -0.15) is 0 Å². The van der Waals surface area contributed by atoms with Crippen molar-refractivity contribution in [2.45, 2.75) is 290 Å². The first-order valence-corrected chi connectivity index (χ1v) is 33.4. The van der Waals surface area contributed by atoms with Crippen molar-refractivity contribution in [1.29, 1.82) is 0 Å². The highest BCUT2D eigenvalue weighted by atomic mass is 31.2. The Kier molecular flexibility index (Phi) is 54.4. The quantitative estimate of drug-likeness (QED) is 0.0205. The van der Waals surface area contributed by atoms with Crippen LogP contribution in [0.2, 0.25) is 0 Å². The van der Waals surface area contributed by atoms with E-state index in [2.05, 4.69) is 99.0 Å². The molecule has 0 rings (SSSR count).